The number of likely N-dealkylation sites (N-methyl/N-ethyl adjacent to an activating group) is 1. The number of hydrogen-bond acceptors (Lipinski definition) is 7. The summed E-state index contributed by atoms with van der Waals surface area (Å²) in [6, 6.07) is 10.5. The summed E-state index contributed by atoms with van der Waals surface area (Å²) in [5.74, 6) is 1.26. The highest BCUT2D eigenvalue weighted by Gasteiger charge is 2.26. The SMILES string of the molecule is CN1CCN(c2ccc(Nc3nc(N[C@H]4CCN(C(=O)CCl)C4)c4cc[nH]c4n3)cc2)CC1. The zero-order valence-electron chi connectivity index (χ0n) is 18.7. The molecule has 1 atom stereocenters. The second-order valence-corrected chi connectivity index (χ2v) is 8.97. The molecule has 10 heteroatoms. The fourth-order valence-electron chi connectivity index (χ4n) is 4.44. The van der Waals surface area contributed by atoms with E-state index >= 15 is 0 Å². The predicted octanol–water partition coefficient (Wildman–Crippen LogP) is 2.70. The van der Waals surface area contributed by atoms with Crippen LogP contribution in [-0.4, -0.2) is 88.9 Å². The molecule has 0 saturated carbocycles. The molecule has 33 heavy (non-hydrogen) atoms. The highest BCUT2D eigenvalue weighted by atomic mass is 35.5. The van der Waals surface area contributed by atoms with Crippen molar-refractivity contribution in [3.8, 4) is 0 Å². The van der Waals surface area contributed by atoms with Crippen LogP contribution in [0.25, 0.3) is 11.0 Å². The van der Waals surface area contributed by atoms with Gasteiger partial charge in [-0.05, 0) is 43.8 Å². The maximum Gasteiger partial charge on any atom is 0.237 e. The van der Waals surface area contributed by atoms with Crippen molar-refractivity contribution in [3.05, 3.63) is 36.5 Å². The highest BCUT2D eigenvalue weighted by Crippen LogP contribution is 2.26. The van der Waals surface area contributed by atoms with Gasteiger partial charge in [0.25, 0.3) is 0 Å². The smallest absolute Gasteiger partial charge is 0.237 e. The number of likely N-dealkylation sites (tertiary alicyclic amines) is 1. The zero-order chi connectivity index (χ0) is 22.8. The summed E-state index contributed by atoms with van der Waals surface area (Å²) in [6.07, 6.45) is 2.71. The number of carbonyl (C=O) groups is 1. The Bertz CT molecular complexity index is 1110. The molecule has 5 rings (SSSR count). The minimum atomic E-state index is -0.0298. The van der Waals surface area contributed by atoms with Gasteiger partial charge in [-0.3, -0.25) is 4.79 Å². The Morgan fingerprint density at radius 3 is 2.67 bits per heavy atom. The van der Waals surface area contributed by atoms with E-state index in [-0.39, 0.29) is 17.8 Å². The lowest BCUT2D eigenvalue weighted by Gasteiger charge is -2.34. The van der Waals surface area contributed by atoms with Crippen molar-refractivity contribution < 1.29 is 4.79 Å². The number of aromatic nitrogens is 3. The minimum absolute atomic E-state index is 0.0178. The first-order valence-corrected chi connectivity index (χ1v) is 11.9. The topological polar surface area (TPSA) is 92.4 Å². The number of alkyl halides is 1. The van der Waals surface area contributed by atoms with Crippen LogP contribution in [0.5, 0.6) is 0 Å². The molecule has 2 saturated heterocycles. The molecule has 0 bridgehead atoms. The van der Waals surface area contributed by atoms with Gasteiger partial charge in [0.15, 0.2) is 0 Å². The molecule has 9 nitrogen and oxygen atoms in total. The first-order valence-electron chi connectivity index (χ1n) is 11.3. The number of hydrogen-bond donors (Lipinski definition) is 3. The lowest BCUT2D eigenvalue weighted by Crippen LogP contribution is -2.44. The molecule has 0 radical (unpaired) electrons. The van der Waals surface area contributed by atoms with Crippen LogP contribution in [0.1, 0.15) is 6.42 Å². The van der Waals surface area contributed by atoms with Crippen LogP contribution in [0, 0.1) is 0 Å². The number of anilines is 4. The van der Waals surface area contributed by atoms with Crippen molar-refractivity contribution in [2.75, 3.05) is 67.7 Å². The molecular formula is C23H29ClN8O. The van der Waals surface area contributed by atoms with Crippen molar-refractivity contribution in [3.63, 3.8) is 0 Å². The molecule has 2 aliphatic rings. The van der Waals surface area contributed by atoms with Crippen LogP contribution in [0.3, 0.4) is 0 Å². The summed E-state index contributed by atoms with van der Waals surface area (Å²) in [4.78, 5) is 31.0. The fraction of sp³-hybridized carbons (Fsp3) is 0.435. The van der Waals surface area contributed by atoms with Gasteiger partial charge in [-0.15, -0.1) is 11.6 Å². The van der Waals surface area contributed by atoms with E-state index in [0.717, 1.165) is 55.1 Å². The summed E-state index contributed by atoms with van der Waals surface area (Å²) >= 11 is 5.71. The van der Waals surface area contributed by atoms with Crippen molar-refractivity contribution in [1.82, 2.24) is 24.8 Å². The van der Waals surface area contributed by atoms with Gasteiger partial charge in [-0.25, -0.2) is 0 Å². The maximum atomic E-state index is 11.9. The van der Waals surface area contributed by atoms with Gasteiger partial charge < -0.3 is 30.3 Å². The van der Waals surface area contributed by atoms with Gasteiger partial charge in [-0.1, -0.05) is 0 Å². The largest absolute Gasteiger partial charge is 0.369 e. The third-order valence-electron chi connectivity index (χ3n) is 6.40. The number of H-pyrrole nitrogens is 1. The van der Waals surface area contributed by atoms with E-state index in [0.29, 0.717) is 19.0 Å². The fourth-order valence-corrected chi connectivity index (χ4v) is 4.61. The number of piperazine rings is 1. The number of amides is 1. The van der Waals surface area contributed by atoms with Gasteiger partial charge >= 0.3 is 0 Å². The maximum absolute atomic E-state index is 11.9. The third-order valence-corrected chi connectivity index (χ3v) is 6.63. The van der Waals surface area contributed by atoms with E-state index in [1.54, 1.807) is 4.90 Å². The summed E-state index contributed by atoms with van der Waals surface area (Å²) < 4.78 is 0. The van der Waals surface area contributed by atoms with Crippen molar-refractivity contribution in [2.24, 2.45) is 0 Å². The molecule has 2 aromatic heterocycles. The van der Waals surface area contributed by atoms with Crippen LogP contribution < -0.4 is 15.5 Å². The Labute approximate surface area is 198 Å². The molecule has 3 aromatic rings. The van der Waals surface area contributed by atoms with Crippen LogP contribution in [-0.2, 0) is 4.79 Å². The molecule has 1 aromatic carbocycles. The second-order valence-electron chi connectivity index (χ2n) is 8.70. The number of benzene rings is 1. The number of carbonyl (C=O) groups excluding carboxylic acids is 1. The van der Waals surface area contributed by atoms with E-state index < -0.39 is 0 Å². The summed E-state index contributed by atoms with van der Waals surface area (Å²) in [6.45, 7) is 5.57. The molecule has 3 N–H and O–H groups in total. The monoisotopic (exact) mass is 468 g/mol. The van der Waals surface area contributed by atoms with Crippen LogP contribution in [0.4, 0.5) is 23.1 Å². The number of nitrogens with zero attached hydrogens (tertiary/aromatic N) is 5. The summed E-state index contributed by atoms with van der Waals surface area (Å²) in [5, 5.41) is 7.76. The molecular weight excluding hydrogens is 440 g/mol. The summed E-state index contributed by atoms with van der Waals surface area (Å²) in [7, 11) is 2.16. The number of rotatable bonds is 6. The Morgan fingerprint density at radius 2 is 1.91 bits per heavy atom. The van der Waals surface area contributed by atoms with Crippen molar-refractivity contribution in [1.29, 1.82) is 0 Å². The van der Waals surface area contributed by atoms with Crippen LogP contribution >= 0.6 is 11.6 Å². The number of aromatic amines is 1. The van der Waals surface area contributed by atoms with E-state index in [2.05, 4.69) is 61.7 Å². The molecule has 174 valence electrons. The Kier molecular flexibility index (Phi) is 6.24. The standard InChI is InChI=1S/C23H29ClN8O/c1-30-10-12-31(13-11-30)18-4-2-16(3-5-18)27-23-28-21-19(6-8-25-21)22(29-23)26-17-7-9-32(15-17)20(33)14-24/h2-6,8,17H,7,9-15H2,1H3,(H3,25,26,27,28,29)/t17-/m0/s1. The zero-order valence-corrected chi connectivity index (χ0v) is 19.5. The Hall–Kier alpha value is -3.04. The summed E-state index contributed by atoms with van der Waals surface area (Å²) in [5.41, 5.74) is 2.93. The van der Waals surface area contributed by atoms with Crippen molar-refractivity contribution >= 4 is 51.7 Å². The third kappa shape index (κ3) is 4.84. The van der Waals surface area contributed by atoms with Gasteiger partial charge in [0, 0.05) is 62.9 Å². The quantitative estimate of drug-likeness (QED) is 0.479. The molecule has 2 aliphatic heterocycles. The van der Waals surface area contributed by atoms with E-state index in [1.165, 1.54) is 5.69 Å². The lowest BCUT2D eigenvalue weighted by atomic mass is 10.2. The second kappa shape index (κ2) is 9.44. The molecule has 2 fully saturated rings. The van der Waals surface area contributed by atoms with Gasteiger partial charge in [-0.2, -0.15) is 9.97 Å². The molecule has 0 unspecified atom stereocenters. The van der Waals surface area contributed by atoms with E-state index in [4.69, 9.17) is 16.6 Å². The Morgan fingerprint density at radius 1 is 1.12 bits per heavy atom. The molecule has 0 spiro atoms. The van der Waals surface area contributed by atoms with Crippen LogP contribution in [0.15, 0.2) is 36.5 Å². The van der Waals surface area contributed by atoms with Gasteiger partial charge in [0.1, 0.15) is 17.3 Å². The van der Waals surface area contributed by atoms with E-state index in [1.807, 2.05) is 12.3 Å². The predicted molar refractivity (Wildman–Crippen MR) is 133 cm³/mol. The average molecular weight is 469 g/mol. The van der Waals surface area contributed by atoms with Crippen LogP contribution in [0.2, 0.25) is 0 Å². The minimum Gasteiger partial charge on any atom is -0.369 e. The number of nitrogens with one attached hydrogen (secondary N) is 3. The highest BCUT2D eigenvalue weighted by molar-refractivity contribution is 6.27. The molecule has 0 aliphatic carbocycles. The average Bonchev–Trinajstić information content (AvgIpc) is 3.49. The number of halogens is 1. The Balaban J connectivity index is 1.29. The first-order chi connectivity index (χ1) is 16.1. The van der Waals surface area contributed by atoms with Crippen molar-refractivity contribution in [2.45, 2.75) is 12.5 Å². The lowest BCUT2D eigenvalue weighted by molar-refractivity contribution is -0.127. The molecule has 4 heterocycles. The van der Waals surface area contributed by atoms with E-state index in [9.17, 15) is 4.79 Å². The molecule has 1 amide bonds. The normalized spacial score (nSPS) is 19.3. The first kappa shape index (κ1) is 21.8. The van der Waals surface area contributed by atoms with Gasteiger partial charge in [0.2, 0.25) is 11.9 Å². The van der Waals surface area contributed by atoms with Gasteiger partial charge in [0.05, 0.1) is 5.39 Å². The number of fused-ring (bicyclic) bond motifs is 1.